The van der Waals surface area contributed by atoms with Gasteiger partial charge in [-0.05, 0) is 35.2 Å². The molecule has 0 aromatic heterocycles. The molecule has 1 atom stereocenters. The number of rotatable bonds is 8. The molecule has 184 valence electrons. The molecule has 2 aromatic carbocycles. The fourth-order valence-electron chi connectivity index (χ4n) is 4.67. The maximum absolute atomic E-state index is 13.6. The molecule has 1 unspecified atom stereocenters. The summed E-state index contributed by atoms with van der Waals surface area (Å²) in [6, 6.07) is 10.1. The van der Waals surface area contributed by atoms with Gasteiger partial charge in [-0.25, -0.2) is 0 Å². The average Bonchev–Trinajstić information content (AvgIpc) is 3.15. The lowest BCUT2D eigenvalue weighted by molar-refractivity contribution is -0.135. The van der Waals surface area contributed by atoms with Gasteiger partial charge in [-0.1, -0.05) is 44.5 Å². The summed E-state index contributed by atoms with van der Waals surface area (Å²) in [5.74, 6) is 2.48. The van der Waals surface area contributed by atoms with Crippen molar-refractivity contribution < 1.29 is 19.0 Å². The van der Waals surface area contributed by atoms with E-state index in [0.717, 1.165) is 36.4 Å². The van der Waals surface area contributed by atoms with E-state index in [1.165, 1.54) is 5.56 Å². The van der Waals surface area contributed by atoms with Crippen LogP contribution in [0.5, 0.6) is 17.2 Å². The third-order valence-corrected chi connectivity index (χ3v) is 6.49. The number of fused-ring (bicyclic) bond motifs is 2. The van der Waals surface area contributed by atoms with Gasteiger partial charge in [0.25, 0.3) is 0 Å². The molecule has 2 aliphatic rings. The second-order valence-electron chi connectivity index (χ2n) is 9.71. The first-order valence-corrected chi connectivity index (χ1v) is 12.5. The smallest absolute Gasteiger partial charge is 0.227 e. The molecule has 2 heterocycles. The van der Waals surface area contributed by atoms with Gasteiger partial charge in [0.05, 0.1) is 36.4 Å². The predicted octanol–water partition coefficient (Wildman–Crippen LogP) is 5.19. The van der Waals surface area contributed by atoms with Crippen LogP contribution in [0.3, 0.4) is 0 Å². The zero-order valence-corrected chi connectivity index (χ0v) is 21.4. The van der Waals surface area contributed by atoms with Crippen molar-refractivity contribution in [2.24, 2.45) is 11.8 Å². The number of para-hydroxylation sites is 1. The molecule has 0 spiro atoms. The van der Waals surface area contributed by atoms with Crippen LogP contribution in [0.25, 0.3) is 0 Å². The SMILES string of the molecule is CC(C)CN(Cc1cc(Cl)c2c(c1)OCCCO2)C(=O)C(C)CN(C)c1cccc2c1OCC2. The molecule has 0 aliphatic carbocycles. The molecule has 0 bridgehead atoms. The molecule has 0 radical (unpaired) electrons. The molecular weight excluding hydrogens is 452 g/mol. The van der Waals surface area contributed by atoms with Crippen molar-refractivity contribution in [3.8, 4) is 17.2 Å². The number of benzene rings is 2. The van der Waals surface area contributed by atoms with Crippen LogP contribution in [0, 0.1) is 11.8 Å². The van der Waals surface area contributed by atoms with E-state index in [0.29, 0.717) is 55.3 Å². The maximum Gasteiger partial charge on any atom is 0.227 e. The number of anilines is 1. The number of hydrogen-bond donors (Lipinski definition) is 0. The third-order valence-electron chi connectivity index (χ3n) is 6.21. The minimum atomic E-state index is -0.183. The van der Waals surface area contributed by atoms with Crippen molar-refractivity contribution in [3.05, 3.63) is 46.5 Å². The molecular formula is C27H35ClN2O4. The lowest BCUT2D eigenvalue weighted by Gasteiger charge is -2.30. The van der Waals surface area contributed by atoms with Crippen molar-refractivity contribution in [2.75, 3.05) is 44.9 Å². The van der Waals surface area contributed by atoms with Gasteiger partial charge in [0.15, 0.2) is 11.5 Å². The summed E-state index contributed by atoms with van der Waals surface area (Å²) in [6.45, 7) is 9.91. The molecule has 0 saturated heterocycles. The molecule has 4 rings (SSSR count). The molecule has 0 fully saturated rings. The van der Waals surface area contributed by atoms with E-state index in [4.69, 9.17) is 25.8 Å². The highest BCUT2D eigenvalue weighted by molar-refractivity contribution is 6.32. The predicted molar refractivity (Wildman–Crippen MR) is 135 cm³/mol. The zero-order valence-electron chi connectivity index (χ0n) is 20.6. The largest absolute Gasteiger partial charge is 0.491 e. The second kappa shape index (κ2) is 10.8. The topological polar surface area (TPSA) is 51.2 Å². The minimum Gasteiger partial charge on any atom is -0.491 e. The fraction of sp³-hybridized carbons (Fsp3) is 0.519. The number of hydrogen-bond acceptors (Lipinski definition) is 5. The summed E-state index contributed by atoms with van der Waals surface area (Å²) in [5.41, 5.74) is 3.22. The van der Waals surface area contributed by atoms with Crippen molar-refractivity contribution in [1.82, 2.24) is 4.90 Å². The average molecular weight is 487 g/mol. The van der Waals surface area contributed by atoms with Crippen LogP contribution < -0.4 is 19.1 Å². The Morgan fingerprint density at radius 2 is 1.79 bits per heavy atom. The minimum absolute atomic E-state index is 0.122. The van der Waals surface area contributed by atoms with E-state index in [9.17, 15) is 4.79 Å². The Bertz CT molecular complexity index is 1030. The van der Waals surface area contributed by atoms with E-state index >= 15 is 0 Å². The first-order valence-electron chi connectivity index (χ1n) is 12.2. The van der Waals surface area contributed by atoms with Gasteiger partial charge in [-0.3, -0.25) is 4.79 Å². The molecule has 2 aliphatic heterocycles. The Kier molecular flexibility index (Phi) is 7.77. The Morgan fingerprint density at radius 3 is 2.59 bits per heavy atom. The Balaban J connectivity index is 1.49. The highest BCUT2D eigenvalue weighted by Gasteiger charge is 2.26. The second-order valence-corrected chi connectivity index (χ2v) is 10.1. The summed E-state index contributed by atoms with van der Waals surface area (Å²) in [5, 5.41) is 0.525. The molecule has 7 heteroatoms. The van der Waals surface area contributed by atoms with E-state index in [1.807, 2.05) is 31.0 Å². The number of halogens is 1. The first-order chi connectivity index (χ1) is 16.3. The summed E-state index contributed by atoms with van der Waals surface area (Å²) in [4.78, 5) is 17.7. The van der Waals surface area contributed by atoms with Crippen LogP contribution in [0.1, 0.15) is 38.3 Å². The summed E-state index contributed by atoms with van der Waals surface area (Å²) < 4.78 is 17.5. The number of carbonyl (C=O) groups excluding carboxylic acids is 1. The van der Waals surface area contributed by atoms with Crippen molar-refractivity contribution >= 4 is 23.2 Å². The molecule has 0 N–H and O–H groups in total. The number of amides is 1. The van der Waals surface area contributed by atoms with Gasteiger partial charge in [-0.15, -0.1) is 0 Å². The van der Waals surface area contributed by atoms with E-state index in [1.54, 1.807) is 0 Å². The normalized spacial score (nSPS) is 15.4. The van der Waals surface area contributed by atoms with Crippen LogP contribution in [0.2, 0.25) is 5.02 Å². The monoisotopic (exact) mass is 486 g/mol. The highest BCUT2D eigenvalue weighted by atomic mass is 35.5. The van der Waals surface area contributed by atoms with Crippen molar-refractivity contribution in [1.29, 1.82) is 0 Å². The van der Waals surface area contributed by atoms with Crippen LogP contribution in [-0.2, 0) is 17.8 Å². The Labute approximate surface area is 207 Å². The van der Waals surface area contributed by atoms with Gasteiger partial charge >= 0.3 is 0 Å². The molecule has 2 aromatic rings. The quantitative estimate of drug-likeness (QED) is 0.513. The number of carbonyl (C=O) groups is 1. The van der Waals surface area contributed by atoms with Gasteiger partial charge in [0, 0.05) is 39.5 Å². The molecule has 1 amide bonds. The Morgan fingerprint density at radius 1 is 1.03 bits per heavy atom. The summed E-state index contributed by atoms with van der Waals surface area (Å²) in [7, 11) is 2.03. The maximum atomic E-state index is 13.6. The van der Waals surface area contributed by atoms with Gasteiger partial charge in [0.2, 0.25) is 5.91 Å². The highest BCUT2D eigenvalue weighted by Crippen LogP contribution is 2.39. The molecule has 0 saturated carbocycles. The van der Waals surface area contributed by atoms with Crippen LogP contribution in [-0.4, -0.2) is 50.8 Å². The Hall–Kier alpha value is -2.60. The van der Waals surface area contributed by atoms with Gasteiger partial charge in [-0.2, -0.15) is 0 Å². The van der Waals surface area contributed by atoms with Gasteiger partial charge in [0.1, 0.15) is 5.75 Å². The first kappa shape index (κ1) is 24.5. The zero-order chi connectivity index (χ0) is 24.2. The van der Waals surface area contributed by atoms with Gasteiger partial charge < -0.3 is 24.0 Å². The molecule has 6 nitrogen and oxygen atoms in total. The van der Waals surface area contributed by atoms with E-state index in [-0.39, 0.29) is 11.8 Å². The third kappa shape index (κ3) is 5.54. The lowest BCUT2D eigenvalue weighted by atomic mass is 10.1. The molecule has 34 heavy (non-hydrogen) atoms. The summed E-state index contributed by atoms with van der Waals surface area (Å²) in [6.07, 6.45) is 1.75. The lowest BCUT2D eigenvalue weighted by Crippen LogP contribution is -2.41. The van der Waals surface area contributed by atoms with Crippen molar-refractivity contribution in [2.45, 2.75) is 40.2 Å². The summed E-state index contributed by atoms with van der Waals surface area (Å²) >= 11 is 6.51. The number of ether oxygens (including phenoxy) is 3. The van der Waals surface area contributed by atoms with Crippen LogP contribution in [0.15, 0.2) is 30.3 Å². The van der Waals surface area contributed by atoms with E-state index in [2.05, 4.69) is 36.9 Å². The van der Waals surface area contributed by atoms with E-state index < -0.39 is 0 Å². The van der Waals surface area contributed by atoms with Crippen LogP contribution >= 0.6 is 11.6 Å². The standard InChI is InChI=1S/C27H35ClN2O4/c1-18(2)15-30(17-20-13-22(28)26-24(14-20)32-10-6-11-33-26)27(31)19(3)16-29(4)23-8-5-7-21-9-12-34-25(21)23/h5,7-8,13-14,18-19H,6,9-12,15-17H2,1-4H3. The van der Waals surface area contributed by atoms with Crippen LogP contribution in [0.4, 0.5) is 5.69 Å². The number of nitrogens with zero attached hydrogens (tertiary/aromatic N) is 2. The fourth-order valence-corrected chi connectivity index (χ4v) is 4.95. The van der Waals surface area contributed by atoms with Crippen molar-refractivity contribution in [3.63, 3.8) is 0 Å².